The van der Waals surface area contributed by atoms with Crippen LogP contribution in [0.3, 0.4) is 0 Å². The van der Waals surface area contributed by atoms with Gasteiger partial charge in [0.15, 0.2) is 8.32 Å². The molecule has 0 aliphatic heterocycles. The maximum Gasteiger partial charge on any atom is 0.605 e. The normalized spacial score (nSPS) is 12.1. The van der Waals surface area contributed by atoms with Gasteiger partial charge in [0, 0.05) is 0 Å². The molecule has 1 rings (SSSR count). The highest BCUT2D eigenvalue weighted by Crippen LogP contribution is 2.13. The summed E-state index contributed by atoms with van der Waals surface area (Å²) in [6, 6.07) is 10.5. The molecule has 1 aromatic carbocycles. The Kier molecular flexibility index (Phi) is 4.00. The fourth-order valence-corrected chi connectivity index (χ4v) is 4.68. The molecular formula is C9H14FO2Si2. The van der Waals surface area contributed by atoms with Crippen molar-refractivity contribution in [3.8, 4) is 0 Å². The van der Waals surface area contributed by atoms with Crippen LogP contribution in [0.4, 0.5) is 4.11 Å². The molecule has 0 spiro atoms. The first kappa shape index (κ1) is 11.6. The molecule has 0 amide bonds. The van der Waals surface area contributed by atoms with Gasteiger partial charge in [0.05, 0.1) is 0 Å². The summed E-state index contributed by atoms with van der Waals surface area (Å²) >= 11 is 0. The van der Waals surface area contributed by atoms with E-state index in [2.05, 4.69) is 0 Å². The average Bonchev–Trinajstić information content (AvgIpc) is 2.02. The van der Waals surface area contributed by atoms with Crippen LogP contribution in [0.2, 0.25) is 13.1 Å². The van der Waals surface area contributed by atoms with Crippen LogP contribution >= 0.6 is 0 Å². The van der Waals surface area contributed by atoms with Crippen LogP contribution in [0.25, 0.3) is 0 Å². The number of hydrogen-bond acceptors (Lipinski definition) is 2. The smallest absolute Gasteiger partial charge is 0.410 e. The van der Waals surface area contributed by atoms with Gasteiger partial charge in [0.2, 0.25) is 0 Å². The Morgan fingerprint density at radius 1 is 1.36 bits per heavy atom. The van der Waals surface area contributed by atoms with E-state index in [4.69, 9.17) is 8.91 Å². The minimum atomic E-state index is -3.05. The first-order valence-electron chi connectivity index (χ1n) is 4.44. The van der Waals surface area contributed by atoms with Gasteiger partial charge in [-0.15, -0.1) is 0 Å². The molecule has 0 unspecified atom stereocenters. The van der Waals surface area contributed by atoms with Gasteiger partial charge in [-0.3, -0.25) is 0 Å². The molecule has 0 saturated heterocycles. The summed E-state index contributed by atoms with van der Waals surface area (Å²) in [5.74, 6) is 0. The van der Waals surface area contributed by atoms with Crippen molar-refractivity contribution in [2.24, 2.45) is 0 Å². The van der Waals surface area contributed by atoms with E-state index in [1.807, 2.05) is 43.4 Å². The number of hydrogen-bond donors (Lipinski definition) is 1. The standard InChI is InChI=1S/C9H14FO2Si2/c1-14(2,12-13(10)11)8-9-6-4-3-5-7-9/h3-7,11H,8H2,1-2H3. The summed E-state index contributed by atoms with van der Waals surface area (Å²) in [4.78, 5) is 8.61. The molecule has 0 bridgehead atoms. The fraction of sp³-hybridized carbons (Fsp3) is 0.333. The molecule has 0 saturated carbocycles. The molecular weight excluding hydrogens is 215 g/mol. The highest BCUT2D eigenvalue weighted by Gasteiger charge is 2.28. The maximum absolute atomic E-state index is 12.4. The average molecular weight is 229 g/mol. The summed E-state index contributed by atoms with van der Waals surface area (Å²) in [6.45, 7) is 3.81. The summed E-state index contributed by atoms with van der Waals surface area (Å²) in [6.07, 6.45) is 0. The SMILES string of the molecule is C[Si](C)(Cc1ccccc1)O[Si](O)F. The molecule has 0 fully saturated rings. The molecule has 2 nitrogen and oxygen atoms in total. The molecule has 0 aliphatic carbocycles. The summed E-state index contributed by atoms with van der Waals surface area (Å²) in [7, 11) is -5.14. The zero-order valence-corrected chi connectivity index (χ0v) is 10.3. The van der Waals surface area contributed by atoms with Crippen molar-refractivity contribution in [2.75, 3.05) is 0 Å². The van der Waals surface area contributed by atoms with Gasteiger partial charge in [0.25, 0.3) is 0 Å². The van der Waals surface area contributed by atoms with Crippen molar-refractivity contribution in [1.82, 2.24) is 0 Å². The second kappa shape index (κ2) is 4.83. The molecule has 5 heteroatoms. The summed E-state index contributed by atoms with van der Waals surface area (Å²) in [5.41, 5.74) is 1.13. The number of halogens is 1. The zero-order chi connectivity index (χ0) is 10.6. The van der Waals surface area contributed by atoms with Crippen LogP contribution in [0.15, 0.2) is 30.3 Å². The van der Waals surface area contributed by atoms with Crippen molar-refractivity contribution < 1.29 is 13.0 Å². The van der Waals surface area contributed by atoms with Crippen molar-refractivity contribution in [3.05, 3.63) is 35.9 Å². The highest BCUT2D eigenvalue weighted by molar-refractivity contribution is 6.75. The Balaban J connectivity index is 2.59. The second-order valence-electron chi connectivity index (χ2n) is 3.78. The second-order valence-corrected chi connectivity index (χ2v) is 8.97. The first-order chi connectivity index (χ1) is 6.49. The van der Waals surface area contributed by atoms with E-state index in [1.54, 1.807) is 0 Å². The van der Waals surface area contributed by atoms with E-state index in [0.29, 0.717) is 0 Å². The first-order valence-corrected chi connectivity index (χ1v) is 8.79. The highest BCUT2D eigenvalue weighted by atomic mass is 28.4. The van der Waals surface area contributed by atoms with E-state index < -0.39 is 17.9 Å². The van der Waals surface area contributed by atoms with Gasteiger partial charge < -0.3 is 8.91 Å². The molecule has 0 aliphatic rings. The molecule has 0 aromatic heterocycles. The van der Waals surface area contributed by atoms with Gasteiger partial charge in [-0.25, -0.2) is 4.11 Å². The Labute approximate surface area is 86.5 Å². The third kappa shape index (κ3) is 4.14. The third-order valence-corrected chi connectivity index (χ3v) is 5.98. The lowest BCUT2D eigenvalue weighted by Crippen LogP contribution is -2.38. The minimum absolute atomic E-state index is 0.729. The van der Waals surface area contributed by atoms with Crippen LogP contribution in [0.1, 0.15) is 5.56 Å². The van der Waals surface area contributed by atoms with Gasteiger partial charge in [-0.05, 0) is 24.7 Å². The Hall–Kier alpha value is -0.496. The van der Waals surface area contributed by atoms with E-state index >= 15 is 0 Å². The molecule has 14 heavy (non-hydrogen) atoms. The van der Waals surface area contributed by atoms with Gasteiger partial charge >= 0.3 is 9.62 Å². The largest absolute Gasteiger partial charge is 0.605 e. The third-order valence-electron chi connectivity index (χ3n) is 1.83. The predicted molar refractivity (Wildman–Crippen MR) is 57.8 cm³/mol. The minimum Gasteiger partial charge on any atom is -0.410 e. The van der Waals surface area contributed by atoms with E-state index in [1.165, 1.54) is 0 Å². The summed E-state index contributed by atoms with van der Waals surface area (Å²) in [5, 5.41) is 0. The van der Waals surface area contributed by atoms with Crippen LogP contribution in [-0.2, 0) is 10.2 Å². The van der Waals surface area contributed by atoms with E-state index in [9.17, 15) is 4.11 Å². The number of rotatable bonds is 4. The molecule has 77 valence electrons. The van der Waals surface area contributed by atoms with E-state index in [0.717, 1.165) is 11.6 Å². The van der Waals surface area contributed by atoms with Crippen molar-refractivity contribution in [2.45, 2.75) is 19.1 Å². The van der Waals surface area contributed by atoms with Crippen LogP contribution in [-0.4, -0.2) is 22.7 Å². The molecule has 0 atom stereocenters. The molecule has 0 heterocycles. The lowest BCUT2D eigenvalue weighted by atomic mass is 10.2. The van der Waals surface area contributed by atoms with Crippen LogP contribution in [0, 0.1) is 0 Å². The maximum atomic E-state index is 12.4. The van der Waals surface area contributed by atoms with Gasteiger partial charge in [-0.1, -0.05) is 30.3 Å². The van der Waals surface area contributed by atoms with Gasteiger partial charge in [0.1, 0.15) is 0 Å². The van der Waals surface area contributed by atoms with Crippen molar-refractivity contribution in [3.63, 3.8) is 0 Å². The van der Waals surface area contributed by atoms with Crippen molar-refractivity contribution in [1.29, 1.82) is 0 Å². The monoisotopic (exact) mass is 229 g/mol. The Morgan fingerprint density at radius 2 is 1.93 bits per heavy atom. The number of benzene rings is 1. The zero-order valence-electron chi connectivity index (χ0n) is 8.33. The van der Waals surface area contributed by atoms with Crippen LogP contribution < -0.4 is 0 Å². The molecule has 1 radical (unpaired) electrons. The molecule has 1 aromatic rings. The predicted octanol–water partition coefficient (Wildman–Crippen LogP) is 1.94. The molecule has 1 N–H and O–H groups in total. The quantitative estimate of drug-likeness (QED) is 0.631. The Morgan fingerprint density at radius 3 is 2.43 bits per heavy atom. The fourth-order valence-electron chi connectivity index (χ4n) is 1.35. The van der Waals surface area contributed by atoms with Crippen molar-refractivity contribution >= 4 is 17.9 Å². The van der Waals surface area contributed by atoms with E-state index in [-0.39, 0.29) is 0 Å². The summed E-state index contributed by atoms with van der Waals surface area (Å²) < 4.78 is 17.3. The lowest BCUT2D eigenvalue weighted by molar-refractivity contribution is 0.344. The lowest BCUT2D eigenvalue weighted by Gasteiger charge is -2.21. The topological polar surface area (TPSA) is 29.5 Å². The Bertz CT molecular complexity index is 277. The van der Waals surface area contributed by atoms with Gasteiger partial charge in [-0.2, -0.15) is 0 Å². The van der Waals surface area contributed by atoms with Crippen LogP contribution in [0.5, 0.6) is 0 Å².